The topological polar surface area (TPSA) is 44.2 Å². The molecule has 0 amide bonds. The van der Waals surface area contributed by atoms with Crippen LogP contribution in [0, 0.1) is 5.82 Å². The van der Waals surface area contributed by atoms with Gasteiger partial charge in [-0.15, -0.1) is 0 Å². The van der Waals surface area contributed by atoms with E-state index < -0.39 is 6.29 Å². The number of fused-ring (bicyclic) bond motifs is 1. The molecule has 0 bridgehead atoms. The van der Waals surface area contributed by atoms with Gasteiger partial charge in [0, 0.05) is 16.5 Å². The van der Waals surface area contributed by atoms with Gasteiger partial charge in [-0.2, -0.15) is 0 Å². The minimum Gasteiger partial charge on any atom is -0.348 e. The highest BCUT2D eigenvalue weighted by atomic mass is 32.1. The van der Waals surface area contributed by atoms with E-state index in [9.17, 15) is 0 Å². The van der Waals surface area contributed by atoms with Gasteiger partial charge in [0.05, 0.1) is 18.9 Å². The number of pyridine rings is 1. The second-order valence-corrected chi connectivity index (χ2v) is 10.2. The molecule has 0 unspecified atom stereocenters. The lowest BCUT2D eigenvalue weighted by Gasteiger charge is -2.37. The molecule has 0 radical (unpaired) electrons. The monoisotopic (exact) mass is 474 g/mol. The van der Waals surface area contributed by atoms with Gasteiger partial charge in [0.25, 0.3) is 0 Å². The highest BCUT2D eigenvalue weighted by Crippen LogP contribution is 2.45. The SMILES string of the molecule is Fc1cc(C2OCCCO2)ccc1-c1nc2ccc(C3(c4ccccc4)CCCCC3)nc2s1. The summed E-state index contributed by atoms with van der Waals surface area (Å²) in [7, 11) is 0. The summed E-state index contributed by atoms with van der Waals surface area (Å²) in [4.78, 5) is 10.7. The summed E-state index contributed by atoms with van der Waals surface area (Å²) in [5, 5.41) is 0.645. The van der Waals surface area contributed by atoms with Crippen LogP contribution in [0.1, 0.15) is 61.6 Å². The molecule has 4 nitrogen and oxygen atoms in total. The van der Waals surface area contributed by atoms with Crippen molar-refractivity contribution in [3.05, 3.63) is 83.3 Å². The largest absolute Gasteiger partial charge is 0.348 e. The molecule has 0 atom stereocenters. The van der Waals surface area contributed by atoms with E-state index in [1.54, 1.807) is 6.07 Å². The van der Waals surface area contributed by atoms with E-state index in [1.807, 2.05) is 12.1 Å². The molecule has 174 valence electrons. The summed E-state index contributed by atoms with van der Waals surface area (Å²) in [6.07, 6.45) is 6.24. The molecule has 1 saturated carbocycles. The van der Waals surface area contributed by atoms with Crippen LogP contribution in [0.4, 0.5) is 4.39 Å². The summed E-state index contributed by atoms with van der Waals surface area (Å²) < 4.78 is 26.3. The van der Waals surface area contributed by atoms with Gasteiger partial charge in [0.1, 0.15) is 21.2 Å². The zero-order valence-electron chi connectivity index (χ0n) is 19.0. The van der Waals surface area contributed by atoms with E-state index in [0.717, 1.165) is 35.3 Å². The molecule has 34 heavy (non-hydrogen) atoms. The Bertz CT molecular complexity index is 1290. The average Bonchev–Trinajstić information content (AvgIpc) is 3.33. The zero-order valence-corrected chi connectivity index (χ0v) is 19.8. The molecule has 0 spiro atoms. The van der Waals surface area contributed by atoms with Gasteiger partial charge in [-0.1, -0.05) is 67.0 Å². The molecule has 2 aromatic carbocycles. The normalized spacial score (nSPS) is 18.9. The second kappa shape index (κ2) is 9.17. The predicted molar refractivity (Wildman–Crippen MR) is 132 cm³/mol. The van der Waals surface area contributed by atoms with E-state index in [0.29, 0.717) is 29.3 Å². The second-order valence-electron chi connectivity index (χ2n) is 9.21. The molecule has 4 aromatic rings. The molecule has 1 aliphatic heterocycles. The van der Waals surface area contributed by atoms with Crippen molar-refractivity contribution in [2.45, 2.75) is 50.2 Å². The number of hydrogen-bond donors (Lipinski definition) is 0. The maximum atomic E-state index is 15.1. The molecule has 1 aliphatic carbocycles. The molecule has 2 aromatic heterocycles. The Balaban J connectivity index is 1.36. The van der Waals surface area contributed by atoms with Crippen molar-refractivity contribution < 1.29 is 13.9 Å². The average molecular weight is 475 g/mol. The molecule has 3 heterocycles. The fourth-order valence-electron chi connectivity index (χ4n) is 5.34. The Labute approximate surface area is 202 Å². The smallest absolute Gasteiger partial charge is 0.183 e. The summed E-state index contributed by atoms with van der Waals surface area (Å²) >= 11 is 1.45. The van der Waals surface area contributed by atoms with E-state index in [1.165, 1.54) is 42.2 Å². The maximum absolute atomic E-state index is 15.1. The van der Waals surface area contributed by atoms with Crippen molar-refractivity contribution in [2.24, 2.45) is 0 Å². The van der Waals surface area contributed by atoms with Crippen LogP contribution < -0.4 is 0 Å². The summed E-state index contributed by atoms with van der Waals surface area (Å²) in [5.41, 5.74) is 4.36. The highest BCUT2D eigenvalue weighted by molar-refractivity contribution is 7.21. The number of ether oxygens (including phenoxy) is 2. The number of halogens is 1. The van der Waals surface area contributed by atoms with Gasteiger partial charge in [-0.05, 0) is 49.1 Å². The van der Waals surface area contributed by atoms with Gasteiger partial charge < -0.3 is 9.47 Å². The lowest BCUT2D eigenvalue weighted by atomic mass is 9.67. The van der Waals surface area contributed by atoms with Gasteiger partial charge in [0.2, 0.25) is 0 Å². The molecule has 6 rings (SSSR count). The highest BCUT2D eigenvalue weighted by Gasteiger charge is 2.37. The summed E-state index contributed by atoms with van der Waals surface area (Å²) in [6, 6.07) is 20.1. The van der Waals surface area contributed by atoms with Crippen LogP contribution in [0.2, 0.25) is 0 Å². The molecule has 2 aliphatic rings. The minimum absolute atomic E-state index is 0.0647. The van der Waals surface area contributed by atoms with Gasteiger partial charge in [-0.3, -0.25) is 0 Å². The van der Waals surface area contributed by atoms with Gasteiger partial charge in [0.15, 0.2) is 6.29 Å². The van der Waals surface area contributed by atoms with Crippen molar-refractivity contribution in [3.8, 4) is 10.6 Å². The van der Waals surface area contributed by atoms with Crippen molar-refractivity contribution in [1.29, 1.82) is 0 Å². The standard InChI is InChI=1S/C28H27FN2O2S/c29-22-18-19(27-32-16-7-17-33-27)10-11-21(22)25-30-23-12-13-24(31-26(23)34-25)28(14-5-2-6-15-28)20-8-3-1-4-9-20/h1,3-4,8-13,18,27H,2,5-7,14-17H2. The molecule has 0 N–H and O–H groups in total. The van der Waals surface area contributed by atoms with Gasteiger partial charge >= 0.3 is 0 Å². The van der Waals surface area contributed by atoms with Crippen molar-refractivity contribution in [3.63, 3.8) is 0 Å². The van der Waals surface area contributed by atoms with Crippen molar-refractivity contribution in [1.82, 2.24) is 9.97 Å². The van der Waals surface area contributed by atoms with Crippen molar-refractivity contribution in [2.75, 3.05) is 13.2 Å². The lowest BCUT2D eigenvalue weighted by Crippen LogP contribution is -2.31. The van der Waals surface area contributed by atoms with Crippen LogP contribution in [0.15, 0.2) is 60.7 Å². The van der Waals surface area contributed by atoms with Crippen LogP contribution >= 0.6 is 11.3 Å². The Hall–Kier alpha value is -2.67. The van der Waals surface area contributed by atoms with Gasteiger partial charge in [-0.25, -0.2) is 14.4 Å². The molecule has 2 fully saturated rings. The number of nitrogens with zero attached hydrogens (tertiary/aromatic N) is 2. The number of hydrogen-bond acceptors (Lipinski definition) is 5. The van der Waals surface area contributed by atoms with Crippen LogP contribution in [-0.4, -0.2) is 23.2 Å². The fraction of sp³-hybridized carbons (Fsp3) is 0.357. The van der Waals surface area contributed by atoms with E-state index in [-0.39, 0.29) is 11.2 Å². The van der Waals surface area contributed by atoms with E-state index in [4.69, 9.17) is 19.4 Å². The zero-order chi connectivity index (χ0) is 23.0. The molecular weight excluding hydrogens is 447 g/mol. The van der Waals surface area contributed by atoms with Crippen LogP contribution in [0.5, 0.6) is 0 Å². The maximum Gasteiger partial charge on any atom is 0.183 e. The summed E-state index contributed by atoms with van der Waals surface area (Å²) in [5.74, 6) is -0.317. The first-order valence-electron chi connectivity index (χ1n) is 12.1. The summed E-state index contributed by atoms with van der Waals surface area (Å²) in [6.45, 7) is 1.26. The predicted octanol–water partition coefficient (Wildman–Crippen LogP) is 7.18. The Morgan fingerprint density at radius 1 is 0.853 bits per heavy atom. The number of aromatic nitrogens is 2. The Morgan fingerprint density at radius 2 is 1.65 bits per heavy atom. The number of rotatable bonds is 4. The number of benzene rings is 2. The first-order valence-corrected chi connectivity index (χ1v) is 12.9. The molecule has 1 saturated heterocycles. The quantitative estimate of drug-likeness (QED) is 0.314. The fourth-order valence-corrected chi connectivity index (χ4v) is 6.30. The van der Waals surface area contributed by atoms with Crippen LogP contribution in [0.25, 0.3) is 20.9 Å². The lowest BCUT2D eigenvalue weighted by molar-refractivity contribution is -0.183. The minimum atomic E-state index is -0.499. The first kappa shape index (κ1) is 21.8. The Morgan fingerprint density at radius 3 is 2.41 bits per heavy atom. The number of thiazole rings is 1. The van der Waals surface area contributed by atoms with Crippen molar-refractivity contribution >= 4 is 21.7 Å². The Kier molecular flexibility index (Phi) is 5.89. The molecule has 6 heteroatoms. The third kappa shape index (κ3) is 3.94. The van der Waals surface area contributed by atoms with Crippen LogP contribution in [0.3, 0.4) is 0 Å². The first-order chi connectivity index (χ1) is 16.7. The van der Waals surface area contributed by atoms with E-state index in [2.05, 4.69) is 36.4 Å². The third-order valence-corrected chi connectivity index (χ3v) is 8.10. The third-order valence-electron chi connectivity index (χ3n) is 7.10. The molecular formula is C28H27FN2O2S. The van der Waals surface area contributed by atoms with E-state index >= 15 is 4.39 Å². The van der Waals surface area contributed by atoms with Crippen LogP contribution in [-0.2, 0) is 14.9 Å².